The van der Waals surface area contributed by atoms with Crippen molar-refractivity contribution in [3.8, 4) is 0 Å². The van der Waals surface area contributed by atoms with E-state index in [0.717, 1.165) is 15.4 Å². The first-order chi connectivity index (χ1) is 14.9. The largest absolute Gasteiger partial charge is 0.322 e. The molecule has 1 N–H and O–H groups in total. The monoisotopic (exact) mass is 434 g/mol. The Morgan fingerprint density at radius 3 is 2.35 bits per heavy atom. The third-order valence-electron chi connectivity index (χ3n) is 4.97. The fourth-order valence-electron chi connectivity index (χ4n) is 3.36. The van der Waals surface area contributed by atoms with Gasteiger partial charge in [0.1, 0.15) is 5.82 Å². The molecule has 0 aliphatic carbocycles. The van der Waals surface area contributed by atoms with Crippen LogP contribution in [0.15, 0.2) is 77.7 Å². The minimum absolute atomic E-state index is 0.0760. The number of halogens is 1. The molecule has 3 amide bonds. The van der Waals surface area contributed by atoms with Crippen molar-refractivity contribution in [3.63, 3.8) is 0 Å². The summed E-state index contributed by atoms with van der Waals surface area (Å²) in [5.41, 5.74) is 2.51. The number of carbonyl (C=O) groups excluding carboxylic acids is 3. The van der Waals surface area contributed by atoms with E-state index >= 15 is 0 Å². The zero-order valence-electron chi connectivity index (χ0n) is 16.7. The lowest BCUT2D eigenvalue weighted by molar-refractivity contribution is -0.121. The van der Waals surface area contributed by atoms with E-state index in [2.05, 4.69) is 5.32 Å². The summed E-state index contributed by atoms with van der Waals surface area (Å²) in [6.07, 6.45) is 0.0760. The highest BCUT2D eigenvalue weighted by atomic mass is 32.2. The Morgan fingerprint density at radius 2 is 1.68 bits per heavy atom. The Morgan fingerprint density at radius 1 is 1.00 bits per heavy atom. The van der Waals surface area contributed by atoms with Crippen molar-refractivity contribution in [3.05, 3.63) is 89.7 Å². The number of rotatable bonds is 5. The average molecular weight is 434 g/mol. The molecule has 0 saturated carbocycles. The summed E-state index contributed by atoms with van der Waals surface area (Å²) in [5, 5.41) is 2.31. The van der Waals surface area contributed by atoms with Gasteiger partial charge in [-0.15, -0.1) is 11.8 Å². The van der Waals surface area contributed by atoms with E-state index < -0.39 is 11.1 Å². The number of benzene rings is 3. The molecule has 5 nitrogen and oxygen atoms in total. The maximum absolute atomic E-state index is 13.1. The van der Waals surface area contributed by atoms with E-state index in [1.54, 1.807) is 30.3 Å². The zero-order valence-corrected chi connectivity index (χ0v) is 17.5. The van der Waals surface area contributed by atoms with E-state index in [-0.39, 0.29) is 24.1 Å². The van der Waals surface area contributed by atoms with Crippen molar-refractivity contribution < 1.29 is 18.8 Å². The van der Waals surface area contributed by atoms with Gasteiger partial charge in [0.25, 0.3) is 5.91 Å². The lowest BCUT2D eigenvalue weighted by Crippen LogP contribution is -2.31. The second-order valence-corrected chi connectivity index (χ2v) is 8.42. The van der Waals surface area contributed by atoms with Crippen molar-refractivity contribution in [2.75, 3.05) is 10.2 Å². The van der Waals surface area contributed by atoms with Crippen LogP contribution in [0.2, 0.25) is 0 Å². The summed E-state index contributed by atoms with van der Waals surface area (Å²) in [6.45, 7) is 1.88. The van der Waals surface area contributed by atoms with Crippen molar-refractivity contribution in [2.45, 2.75) is 23.5 Å². The van der Waals surface area contributed by atoms with Gasteiger partial charge in [0, 0.05) is 22.6 Å². The predicted molar refractivity (Wildman–Crippen MR) is 119 cm³/mol. The van der Waals surface area contributed by atoms with Gasteiger partial charge in [-0.2, -0.15) is 0 Å². The first kappa shape index (κ1) is 20.8. The maximum atomic E-state index is 13.1. The summed E-state index contributed by atoms with van der Waals surface area (Å²) in [4.78, 5) is 39.5. The van der Waals surface area contributed by atoms with E-state index in [4.69, 9.17) is 0 Å². The SMILES string of the molecule is Cc1ccccc1C(=O)Nc1ccc(SC2CC(=O)N(c3ccc(F)cc3)C2=O)cc1. The number of hydrogen-bond acceptors (Lipinski definition) is 4. The fourth-order valence-corrected chi connectivity index (χ4v) is 4.42. The minimum Gasteiger partial charge on any atom is -0.322 e. The minimum atomic E-state index is -0.551. The molecule has 0 bridgehead atoms. The number of hydrogen-bond donors (Lipinski definition) is 1. The summed E-state index contributed by atoms with van der Waals surface area (Å²) in [7, 11) is 0. The lowest BCUT2D eigenvalue weighted by Gasteiger charge is -2.15. The van der Waals surface area contributed by atoms with Gasteiger partial charge >= 0.3 is 0 Å². The molecule has 3 aromatic rings. The van der Waals surface area contributed by atoms with Gasteiger partial charge in [-0.1, -0.05) is 18.2 Å². The van der Waals surface area contributed by atoms with Crippen LogP contribution in [0.25, 0.3) is 0 Å². The predicted octanol–water partition coefficient (Wildman–Crippen LogP) is 4.81. The van der Waals surface area contributed by atoms with Crippen LogP contribution in [-0.2, 0) is 9.59 Å². The standard InChI is InChI=1S/C24H19FN2O3S/c1-15-4-2-3-5-20(15)23(29)26-17-8-12-19(13-9-17)31-21-14-22(28)27(24(21)30)18-10-6-16(25)7-11-18/h2-13,21H,14H2,1H3,(H,26,29). The van der Waals surface area contributed by atoms with Crippen LogP contribution in [0.5, 0.6) is 0 Å². The number of thioether (sulfide) groups is 1. The van der Waals surface area contributed by atoms with Gasteiger partial charge in [0.15, 0.2) is 0 Å². The zero-order chi connectivity index (χ0) is 22.0. The molecule has 0 radical (unpaired) electrons. The number of anilines is 2. The van der Waals surface area contributed by atoms with Gasteiger partial charge in [-0.05, 0) is 67.1 Å². The molecule has 1 aliphatic heterocycles. The molecule has 7 heteroatoms. The normalized spacial score (nSPS) is 15.9. The van der Waals surface area contributed by atoms with Crippen LogP contribution in [0, 0.1) is 12.7 Å². The number of aryl methyl sites for hydroxylation is 1. The van der Waals surface area contributed by atoms with Crippen LogP contribution in [0.1, 0.15) is 22.3 Å². The molecule has 1 aliphatic rings. The van der Waals surface area contributed by atoms with Gasteiger partial charge in [0.05, 0.1) is 10.9 Å². The first-order valence-electron chi connectivity index (χ1n) is 9.68. The molecule has 0 aromatic heterocycles. The molecule has 4 rings (SSSR count). The number of nitrogens with zero attached hydrogens (tertiary/aromatic N) is 1. The highest BCUT2D eigenvalue weighted by Crippen LogP contribution is 2.34. The topological polar surface area (TPSA) is 66.5 Å². The Bertz CT molecular complexity index is 1150. The van der Waals surface area contributed by atoms with Crippen LogP contribution in [0.3, 0.4) is 0 Å². The van der Waals surface area contributed by atoms with Crippen molar-refractivity contribution in [2.24, 2.45) is 0 Å². The third kappa shape index (κ3) is 4.51. The van der Waals surface area contributed by atoms with Gasteiger partial charge in [0.2, 0.25) is 11.8 Å². The van der Waals surface area contributed by atoms with Crippen molar-refractivity contribution in [1.82, 2.24) is 0 Å². The molecule has 1 unspecified atom stereocenters. The highest BCUT2D eigenvalue weighted by Gasteiger charge is 2.40. The Balaban J connectivity index is 1.41. The van der Waals surface area contributed by atoms with Crippen molar-refractivity contribution in [1.29, 1.82) is 0 Å². The Kier molecular flexibility index (Phi) is 5.86. The number of nitrogens with one attached hydrogen (secondary N) is 1. The van der Waals surface area contributed by atoms with Crippen LogP contribution in [-0.4, -0.2) is 23.0 Å². The molecular formula is C24H19FN2O3S. The fraction of sp³-hybridized carbons (Fsp3) is 0.125. The smallest absolute Gasteiger partial charge is 0.255 e. The van der Waals surface area contributed by atoms with Crippen molar-refractivity contribution >= 4 is 40.9 Å². The quantitative estimate of drug-likeness (QED) is 0.585. The molecule has 1 saturated heterocycles. The summed E-state index contributed by atoms with van der Waals surface area (Å²) in [6, 6.07) is 19.8. The molecule has 156 valence electrons. The molecule has 3 aromatic carbocycles. The number of amides is 3. The van der Waals surface area contributed by atoms with E-state index in [0.29, 0.717) is 16.9 Å². The van der Waals surface area contributed by atoms with Crippen LogP contribution >= 0.6 is 11.8 Å². The second-order valence-electron chi connectivity index (χ2n) is 7.15. The molecule has 1 atom stereocenters. The lowest BCUT2D eigenvalue weighted by atomic mass is 10.1. The first-order valence-corrected chi connectivity index (χ1v) is 10.6. The molecule has 31 heavy (non-hydrogen) atoms. The average Bonchev–Trinajstić information content (AvgIpc) is 3.03. The van der Waals surface area contributed by atoms with Gasteiger partial charge < -0.3 is 5.32 Å². The summed E-state index contributed by atoms with van der Waals surface area (Å²) >= 11 is 1.29. The third-order valence-corrected chi connectivity index (χ3v) is 6.17. The number of carbonyl (C=O) groups is 3. The Hall–Kier alpha value is -3.45. The van der Waals surface area contributed by atoms with E-state index in [1.807, 2.05) is 25.1 Å². The maximum Gasteiger partial charge on any atom is 0.255 e. The highest BCUT2D eigenvalue weighted by molar-refractivity contribution is 8.00. The molecule has 0 spiro atoms. The summed E-state index contributed by atoms with van der Waals surface area (Å²) < 4.78 is 13.1. The van der Waals surface area contributed by atoms with E-state index in [1.165, 1.54) is 36.0 Å². The molecule has 1 fully saturated rings. The Labute approximate surface area is 183 Å². The van der Waals surface area contributed by atoms with Gasteiger partial charge in [-0.3, -0.25) is 14.4 Å². The summed E-state index contributed by atoms with van der Waals surface area (Å²) in [5.74, 6) is -1.25. The molecular weight excluding hydrogens is 415 g/mol. The van der Waals surface area contributed by atoms with E-state index in [9.17, 15) is 18.8 Å². The van der Waals surface area contributed by atoms with Gasteiger partial charge in [-0.25, -0.2) is 9.29 Å². The molecule has 1 heterocycles. The van der Waals surface area contributed by atoms with Crippen LogP contribution in [0.4, 0.5) is 15.8 Å². The van der Waals surface area contributed by atoms with Crippen LogP contribution < -0.4 is 10.2 Å². The number of imide groups is 1. The second kappa shape index (κ2) is 8.73.